The Labute approximate surface area is 165 Å². The van der Waals surface area contributed by atoms with Crippen LogP contribution in [0.5, 0.6) is 5.75 Å². The third-order valence-corrected chi connectivity index (χ3v) is 6.11. The molecule has 2 aromatic carbocycles. The number of amides is 1. The third-order valence-electron chi connectivity index (χ3n) is 4.75. The summed E-state index contributed by atoms with van der Waals surface area (Å²) in [5.74, 6) is 0.520. The zero-order valence-electron chi connectivity index (χ0n) is 16.4. The maximum absolute atomic E-state index is 12.9. The Kier molecular flexibility index (Phi) is 5.62. The molecule has 0 aliphatic carbocycles. The van der Waals surface area contributed by atoms with Gasteiger partial charge in [0.25, 0.3) is 15.9 Å². The summed E-state index contributed by atoms with van der Waals surface area (Å²) >= 11 is 0. The number of rotatable bonds is 6. The van der Waals surface area contributed by atoms with Gasteiger partial charge in [-0.25, -0.2) is 8.42 Å². The van der Waals surface area contributed by atoms with Crippen molar-refractivity contribution in [2.75, 3.05) is 37.0 Å². The minimum absolute atomic E-state index is 0.0141. The standard InChI is InChI=1S/C20H24N2O5S/c1-13-9-17(10-14(2)20(13)27-4)28(24,25)21-16-6-5-15-7-8-22(18(15)11-16)19(23)12-26-3/h5-6,9-11,21H,7-8,12H2,1-4H3. The van der Waals surface area contributed by atoms with Crippen LogP contribution in [0.4, 0.5) is 11.4 Å². The van der Waals surface area contributed by atoms with Gasteiger partial charge in [-0.1, -0.05) is 6.07 Å². The number of carbonyl (C=O) groups excluding carboxylic acids is 1. The lowest BCUT2D eigenvalue weighted by molar-refractivity contribution is -0.122. The molecule has 3 rings (SSSR count). The fourth-order valence-electron chi connectivity index (χ4n) is 3.50. The van der Waals surface area contributed by atoms with Crippen molar-refractivity contribution >= 4 is 27.3 Å². The van der Waals surface area contributed by atoms with E-state index in [2.05, 4.69) is 4.72 Å². The first-order valence-corrected chi connectivity index (χ1v) is 10.4. The Balaban J connectivity index is 1.90. The van der Waals surface area contributed by atoms with E-state index in [0.717, 1.165) is 23.1 Å². The van der Waals surface area contributed by atoms with E-state index in [1.54, 1.807) is 50.1 Å². The summed E-state index contributed by atoms with van der Waals surface area (Å²) in [6.45, 7) is 4.16. The molecular formula is C20H24N2O5S. The SMILES string of the molecule is COCC(=O)N1CCc2ccc(NS(=O)(=O)c3cc(C)c(OC)c(C)c3)cc21. The fraction of sp³-hybridized carbons (Fsp3) is 0.350. The van der Waals surface area contributed by atoms with Crippen LogP contribution in [0.1, 0.15) is 16.7 Å². The summed E-state index contributed by atoms with van der Waals surface area (Å²) < 4.78 is 38.6. The van der Waals surface area contributed by atoms with Crippen molar-refractivity contribution in [1.29, 1.82) is 0 Å². The second-order valence-corrected chi connectivity index (χ2v) is 8.45. The molecule has 0 aromatic heterocycles. The quantitative estimate of drug-likeness (QED) is 0.800. The highest BCUT2D eigenvalue weighted by Gasteiger charge is 2.25. The zero-order chi connectivity index (χ0) is 20.5. The average Bonchev–Trinajstić information content (AvgIpc) is 3.04. The van der Waals surface area contributed by atoms with E-state index in [0.29, 0.717) is 23.7 Å². The Hall–Kier alpha value is -2.58. The number of nitrogens with one attached hydrogen (secondary N) is 1. The van der Waals surface area contributed by atoms with Gasteiger partial charge in [0, 0.05) is 19.3 Å². The molecule has 0 atom stereocenters. The monoisotopic (exact) mass is 404 g/mol. The van der Waals surface area contributed by atoms with E-state index in [1.165, 1.54) is 7.11 Å². The molecule has 0 saturated carbocycles. The second kappa shape index (κ2) is 7.81. The molecule has 0 fully saturated rings. The number of sulfonamides is 1. The van der Waals surface area contributed by atoms with Crippen molar-refractivity contribution in [3.63, 3.8) is 0 Å². The number of anilines is 2. The molecule has 8 heteroatoms. The van der Waals surface area contributed by atoms with Gasteiger partial charge in [0.05, 0.1) is 17.7 Å². The first kappa shape index (κ1) is 20.2. The smallest absolute Gasteiger partial charge is 0.261 e. The number of nitrogens with zero attached hydrogens (tertiary/aromatic N) is 1. The molecule has 0 radical (unpaired) electrons. The highest BCUT2D eigenvalue weighted by atomic mass is 32.2. The van der Waals surface area contributed by atoms with Crippen molar-refractivity contribution in [1.82, 2.24) is 0 Å². The molecule has 1 N–H and O–H groups in total. The van der Waals surface area contributed by atoms with E-state index in [9.17, 15) is 13.2 Å². The van der Waals surface area contributed by atoms with Gasteiger partial charge in [-0.15, -0.1) is 0 Å². The van der Waals surface area contributed by atoms with Crippen LogP contribution in [-0.4, -0.2) is 41.7 Å². The van der Waals surface area contributed by atoms with Crippen LogP contribution in [0.2, 0.25) is 0 Å². The largest absolute Gasteiger partial charge is 0.496 e. The number of methoxy groups -OCH3 is 2. The molecule has 2 aromatic rings. The van der Waals surface area contributed by atoms with Crippen LogP contribution in [-0.2, 0) is 26.0 Å². The van der Waals surface area contributed by atoms with Crippen LogP contribution in [0.25, 0.3) is 0 Å². The highest BCUT2D eigenvalue weighted by Crippen LogP contribution is 2.32. The summed E-state index contributed by atoms with van der Waals surface area (Å²) in [5.41, 5.74) is 3.61. The van der Waals surface area contributed by atoms with Gasteiger partial charge < -0.3 is 14.4 Å². The van der Waals surface area contributed by atoms with Gasteiger partial charge >= 0.3 is 0 Å². The molecule has 0 spiro atoms. The highest BCUT2D eigenvalue weighted by molar-refractivity contribution is 7.92. The van der Waals surface area contributed by atoms with Crippen molar-refractivity contribution in [3.05, 3.63) is 47.0 Å². The van der Waals surface area contributed by atoms with Gasteiger partial charge in [0.1, 0.15) is 12.4 Å². The molecule has 0 saturated heterocycles. The lowest BCUT2D eigenvalue weighted by Gasteiger charge is -2.18. The normalized spacial score (nSPS) is 13.4. The first-order chi connectivity index (χ1) is 13.3. The zero-order valence-corrected chi connectivity index (χ0v) is 17.2. The van der Waals surface area contributed by atoms with Gasteiger partial charge in [-0.2, -0.15) is 0 Å². The molecule has 1 amide bonds. The molecule has 7 nitrogen and oxygen atoms in total. The Morgan fingerprint density at radius 1 is 1.14 bits per heavy atom. The molecule has 1 aliphatic rings. The maximum atomic E-state index is 12.9. The Bertz CT molecular complexity index is 994. The van der Waals surface area contributed by atoms with Crippen molar-refractivity contribution in [3.8, 4) is 5.75 Å². The number of benzene rings is 2. The molecule has 28 heavy (non-hydrogen) atoms. The van der Waals surface area contributed by atoms with E-state index < -0.39 is 10.0 Å². The van der Waals surface area contributed by atoms with Crippen molar-refractivity contribution in [2.24, 2.45) is 0 Å². The van der Waals surface area contributed by atoms with Crippen LogP contribution in [0.15, 0.2) is 35.2 Å². The molecule has 1 heterocycles. The molecule has 1 aliphatic heterocycles. The summed E-state index contributed by atoms with van der Waals surface area (Å²) in [7, 11) is -0.753. The summed E-state index contributed by atoms with van der Waals surface area (Å²) in [6, 6.07) is 8.41. The summed E-state index contributed by atoms with van der Waals surface area (Å²) in [5, 5.41) is 0. The number of aryl methyl sites for hydroxylation is 2. The van der Waals surface area contributed by atoms with E-state index in [1.807, 2.05) is 6.07 Å². The van der Waals surface area contributed by atoms with E-state index in [4.69, 9.17) is 9.47 Å². The molecule has 0 unspecified atom stereocenters. The van der Waals surface area contributed by atoms with Crippen LogP contribution in [0, 0.1) is 13.8 Å². The van der Waals surface area contributed by atoms with E-state index in [-0.39, 0.29) is 17.4 Å². The molecule has 150 valence electrons. The fourth-order valence-corrected chi connectivity index (χ4v) is 4.72. The average molecular weight is 404 g/mol. The van der Waals surface area contributed by atoms with Crippen LogP contribution < -0.4 is 14.4 Å². The van der Waals surface area contributed by atoms with Gasteiger partial charge in [-0.3, -0.25) is 9.52 Å². The Morgan fingerprint density at radius 3 is 2.43 bits per heavy atom. The minimum atomic E-state index is -3.78. The lowest BCUT2D eigenvalue weighted by Crippen LogP contribution is -2.32. The minimum Gasteiger partial charge on any atom is -0.496 e. The second-order valence-electron chi connectivity index (χ2n) is 6.77. The molecular weight excluding hydrogens is 380 g/mol. The first-order valence-electron chi connectivity index (χ1n) is 8.87. The summed E-state index contributed by atoms with van der Waals surface area (Å²) in [4.78, 5) is 14.0. The van der Waals surface area contributed by atoms with Crippen molar-refractivity contribution < 1.29 is 22.7 Å². The van der Waals surface area contributed by atoms with Gasteiger partial charge in [0.15, 0.2) is 0 Å². The third kappa shape index (κ3) is 3.83. The van der Waals surface area contributed by atoms with Gasteiger partial charge in [-0.05, 0) is 61.2 Å². The van der Waals surface area contributed by atoms with Gasteiger partial charge in [0.2, 0.25) is 0 Å². The molecule has 0 bridgehead atoms. The number of carbonyl (C=O) groups is 1. The van der Waals surface area contributed by atoms with E-state index >= 15 is 0 Å². The van der Waals surface area contributed by atoms with Crippen LogP contribution >= 0.6 is 0 Å². The number of hydrogen-bond donors (Lipinski definition) is 1. The predicted octanol–water partition coefficient (Wildman–Crippen LogP) is 2.65. The Morgan fingerprint density at radius 2 is 1.82 bits per heavy atom. The predicted molar refractivity (Wildman–Crippen MR) is 108 cm³/mol. The van der Waals surface area contributed by atoms with Crippen LogP contribution in [0.3, 0.4) is 0 Å². The number of ether oxygens (including phenoxy) is 2. The lowest BCUT2D eigenvalue weighted by atomic mass is 10.1. The topological polar surface area (TPSA) is 84.9 Å². The maximum Gasteiger partial charge on any atom is 0.261 e. The van der Waals surface area contributed by atoms with Crippen molar-refractivity contribution in [2.45, 2.75) is 25.2 Å². The number of hydrogen-bond acceptors (Lipinski definition) is 5. The number of fused-ring (bicyclic) bond motifs is 1. The summed E-state index contributed by atoms with van der Waals surface area (Å²) in [6.07, 6.45) is 0.731.